The fourth-order valence-electron chi connectivity index (χ4n) is 3.95. The summed E-state index contributed by atoms with van der Waals surface area (Å²) in [4.78, 5) is 16.5. The molecule has 0 bridgehead atoms. The van der Waals surface area contributed by atoms with Crippen LogP contribution in [0.3, 0.4) is 0 Å². The van der Waals surface area contributed by atoms with Gasteiger partial charge in [0.15, 0.2) is 0 Å². The van der Waals surface area contributed by atoms with Gasteiger partial charge in [-0.25, -0.2) is 9.78 Å². The SMILES string of the molecule is COC(=O)c1ccc2c(c1)C(C)(CC(F)(F)F)Cn1c-2nc2ccccc21. The number of halogens is 3. The molecule has 140 valence electrons. The van der Waals surface area contributed by atoms with E-state index in [9.17, 15) is 18.0 Å². The van der Waals surface area contributed by atoms with Crippen molar-refractivity contribution in [3.63, 3.8) is 0 Å². The average molecular weight is 374 g/mol. The Kier molecular flexibility index (Phi) is 3.80. The minimum atomic E-state index is -4.35. The van der Waals surface area contributed by atoms with Crippen molar-refractivity contribution in [1.82, 2.24) is 9.55 Å². The minimum absolute atomic E-state index is 0.125. The summed E-state index contributed by atoms with van der Waals surface area (Å²) in [6.07, 6.45) is -5.34. The Labute approximate surface area is 153 Å². The van der Waals surface area contributed by atoms with E-state index < -0.39 is 24.0 Å². The Morgan fingerprint density at radius 2 is 2.00 bits per heavy atom. The zero-order valence-corrected chi connectivity index (χ0v) is 14.8. The van der Waals surface area contributed by atoms with Gasteiger partial charge in [0.05, 0.1) is 30.1 Å². The summed E-state index contributed by atoms with van der Waals surface area (Å²) in [5, 5.41) is 0. The number of rotatable bonds is 2. The second-order valence-corrected chi connectivity index (χ2v) is 7.11. The number of alkyl halides is 3. The van der Waals surface area contributed by atoms with Crippen LogP contribution >= 0.6 is 0 Å². The largest absolute Gasteiger partial charge is 0.465 e. The Bertz CT molecular complexity index is 1060. The summed E-state index contributed by atoms with van der Waals surface area (Å²) in [6, 6.07) is 12.1. The maximum absolute atomic E-state index is 13.4. The molecule has 0 amide bonds. The van der Waals surface area contributed by atoms with E-state index in [4.69, 9.17) is 4.74 Å². The number of carbonyl (C=O) groups is 1. The maximum Gasteiger partial charge on any atom is 0.390 e. The highest BCUT2D eigenvalue weighted by molar-refractivity contribution is 5.91. The van der Waals surface area contributed by atoms with Crippen molar-refractivity contribution in [2.75, 3.05) is 7.11 Å². The molecule has 1 aliphatic heterocycles. The smallest absolute Gasteiger partial charge is 0.390 e. The zero-order chi connectivity index (χ0) is 19.4. The van der Waals surface area contributed by atoms with Gasteiger partial charge in [0, 0.05) is 17.5 Å². The van der Waals surface area contributed by atoms with Crippen LogP contribution in [0.1, 0.15) is 29.3 Å². The van der Waals surface area contributed by atoms with Crippen LogP contribution in [0.5, 0.6) is 0 Å². The van der Waals surface area contributed by atoms with E-state index in [1.54, 1.807) is 19.1 Å². The number of fused-ring (bicyclic) bond motifs is 5. The van der Waals surface area contributed by atoms with Crippen molar-refractivity contribution in [2.24, 2.45) is 0 Å². The molecule has 2 aromatic carbocycles. The van der Waals surface area contributed by atoms with E-state index in [1.807, 2.05) is 28.8 Å². The van der Waals surface area contributed by atoms with Crippen molar-refractivity contribution in [2.45, 2.75) is 31.5 Å². The third-order valence-corrected chi connectivity index (χ3v) is 5.08. The van der Waals surface area contributed by atoms with E-state index in [0.29, 0.717) is 17.0 Å². The molecule has 4 nitrogen and oxygen atoms in total. The first-order valence-corrected chi connectivity index (χ1v) is 8.47. The molecule has 1 unspecified atom stereocenters. The van der Waals surface area contributed by atoms with Gasteiger partial charge in [0.1, 0.15) is 5.82 Å². The number of carbonyl (C=O) groups excluding carboxylic acids is 1. The molecule has 1 atom stereocenters. The van der Waals surface area contributed by atoms with Gasteiger partial charge in [0.2, 0.25) is 0 Å². The van der Waals surface area contributed by atoms with E-state index in [2.05, 4.69) is 4.98 Å². The Morgan fingerprint density at radius 3 is 2.70 bits per heavy atom. The molecule has 3 aromatic rings. The van der Waals surface area contributed by atoms with E-state index in [1.165, 1.54) is 13.2 Å². The van der Waals surface area contributed by atoms with Gasteiger partial charge in [-0.3, -0.25) is 0 Å². The summed E-state index contributed by atoms with van der Waals surface area (Å²) in [6.45, 7) is 1.71. The summed E-state index contributed by atoms with van der Waals surface area (Å²) in [7, 11) is 1.25. The molecular formula is C20H17F3N2O2. The Hall–Kier alpha value is -2.83. The molecular weight excluding hydrogens is 357 g/mol. The third-order valence-electron chi connectivity index (χ3n) is 5.08. The molecule has 4 rings (SSSR count). The van der Waals surface area contributed by atoms with Crippen LogP contribution in [0.25, 0.3) is 22.4 Å². The lowest BCUT2D eigenvalue weighted by atomic mass is 9.74. The summed E-state index contributed by atoms with van der Waals surface area (Å²) in [5.41, 5.74) is 1.60. The van der Waals surface area contributed by atoms with Crippen LogP contribution in [0, 0.1) is 0 Å². The summed E-state index contributed by atoms with van der Waals surface area (Å²) in [5.74, 6) is 0.0356. The number of benzene rings is 2. The predicted molar refractivity (Wildman–Crippen MR) is 94.5 cm³/mol. The second-order valence-electron chi connectivity index (χ2n) is 7.11. The first-order valence-electron chi connectivity index (χ1n) is 8.47. The minimum Gasteiger partial charge on any atom is -0.465 e. The highest BCUT2D eigenvalue weighted by atomic mass is 19.4. The molecule has 1 aromatic heterocycles. The van der Waals surface area contributed by atoms with Gasteiger partial charge in [-0.1, -0.05) is 25.1 Å². The molecule has 0 saturated heterocycles. The van der Waals surface area contributed by atoms with E-state index in [-0.39, 0.29) is 12.1 Å². The van der Waals surface area contributed by atoms with Crippen LogP contribution in [0.15, 0.2) is 42.5 Å². The summed E-state index contributed by atoms with van der Waals surface area (Å²) >= 11 is 0. The van der Waals surface area contributed by atoms with Gasteiger partial charge < -0.3 is 9.30 Å². The Morgan fingerprint density at radius 1 is 1.26 bits per heavy atom. The molecule has 0 fully saturated rings. The fraction of sp³-hybridized carbons (Fsp3) is 0.300. The summed E-state index contributed by atoms with van der Waals surface area (Å²) < 4.78 is 46.8. The van der Waals surface area contributed by atoms with Crippen molar-refractivity contribution in [1.29, 1.82) is 0 Å². The van der Waals surface area contributed by atoms with Crippen LogP contribution < -0.4 is 0 Å². The molecule has 0 N–H and O–H groups in total. The first kappa shape index (κ1) is 17.6. The van der Waals surface area contributed by atoms with Crippen molar-refractivity contribution < 1.29 is 22.7 Å². The van der Waals surface area contributed by atoms with Crippen LogP contribution in [0.2, 0.25) is 0 Å². The quantitative estimate of drug-likeness (QED) is 0.610. The number of hydrogen-bond donors (Lipinski definition) is 0. The molecule has 0 spiro atoms. The molecule has 0 saturated carbocycles. The molecule has 0 aliphatic carbocycles. The van der Waals surface area contributed by atoms with Crippen molar-refractivity contribution >= 4 is 17.0 Å². The lowest BCUT2D eigenvalue weighted by molar-refractivity contribution is -0.148. The molecule has 2 heterocycles. The van der Waals surface area contributed by atoms with Crippen LogP contribution in [-0.2, 0) is 16.7 Å². The van der Waals surface area contributed by atoms with Gasteiger partial charge in [-0.05, 0) is 29.8 Å². The number of aromatic nitrogens is 2. The topological polar surface area (TPSA) is 44.1 Å². The normalized spacial score (nSPS) is 18.9. The number of nitrogens with zero attached hydrogens (tertiary/aromatic N) is 2. The van der Waals surface area contributed by atoms with Crippen molar-refractivity contribution in [3.8, 4) is 11.4 Å². The number of para-hydroxylation sites is 2. The molecule has 7 heteroatoms. The molecule has 0 radical (unpaired) electrons. The monoisotopic (exact) mass is 374 g/mol. The lowest BCUT2D eigenvalue weighted by Crippen LogP contribution is -2.37. The first-order chi connectivity index (χ1) is 12.7. The van der Waals surface area contributed by atoms with Crippen LogP contribution in [0.4, 0.5) is 13.2 Å². The van der Waals surface area contributed by atoms with Gasteiger partial charge in [0.25, 0.3) is 0 Å². The standard InChI is InChI=1S/C20H17F3N2O2/c1-19(10-20(21,22)23)11-25-16-6-4-3-5-15(16)24-17(25)13-8-7-12(9-14(13)19)18(26)27-2/h3-9H,10-11H2,1-2H3. The van der Waals surface area contributed by atoms with E-state index in [0.717, 1.165) is 11.0 Å². The van der Waals surface area contributed by atoms with Crippen LogP contribution in [-0.4, -0.2) is 28.8 Å². The van der Waals surface area contributed by atoms with Gasteiger partial charge in [-0.15, -0.1) is 0 Å². The van der Waals surface area contributed by atoms with Gasteiger partial charge >= 0.3 is 12.1 Å². The second kappa shape index (κ2) is 5.84. The molecule has 27 heavy (non-hydrogen) atoms. The zero-order valence-electron chi connectivity index (χ0n) is 14.8. The van der Waals surface area contributed by atoms with Gasteiger partial charge in [-0.2, -0.15) is 13.2 Å². The highest BCUT2D eigenvalue weighted by Crippen LogP contribution is 2.46. The number of imidazole rings is 1. The van der Waals surface area contributed by atoms with E-state index >= 15 is 0 Å². The molecule has 1 aliphatic rings. The maximum atomic E-state index is 13.4. The van der Waals surface area contributed by atoms with Crippen molar-refractivity contribution in [3.05, 3.63) is 53.6 Å². The average Bonchev–Trinajstić information content (AvgIpc) is 2.97. The fourth-order valence-corrected chi connectivity index (χ4v) is 3.95. The highest BCUT2D eigenvalue weighted by Gasteiger charge is 2.45. The number of methoxy groups -OCH3 is 1. The predicted octanol–water partition coefficient (Wildman–Crippen LogP) is 4.71. The number of ether oxygens (including phenoxy) is 1. The lowest BCUT2D eigenvalue weighted by Gasteiger charge is -2.37. The number of esters is 1. The number of hydrogen-bond acceptors (Lipinski definition) is 3. The third kappa shape index (κ3) is 2.87. The Balaban J connectivity index is 1.98.